The number of alkyl halides is 3. The van der Waals surface area contributed by atoms with E-state index >= 15 is 0 Å². The quantitative estimate of drug-likeness (QED) is 0.855. The zero-order chi connectivity index (χ0) is 18.9. The molecule has 8 nitrogen and oxygen atoms in total. The van der Waals surface area contributed by atoms with Crippen LogP contribution in [-0.4, -0.2) is 56.7 Å². The lowest BCUT2D eigenvalue weighted by molar-refractivity contribution is -0.150. The molecule has 142 valence electrons. The molecule has 1 saturated heterocycles. The van der Waals surface area contributed by atoms with Crippen molar-refractivity contribution in [3.05, 3.63) is 18.0 Å². The lowest BCUT2D eigenvalue weighted by Crippen LogP contribution is -2.36. The van der Waals surface area contributed by atoms with Gasteiger partial charge < -0.3 is 14.7 Å². The number of carbonyl (C=O) groups is 1. The molecule has 0 aliphatic carbocycles. The number of piperidine rings is 1. The third kappa shape index (κ3) is 3.87. The molecule has 3 rings (SSSR count). The van der Waals surface area contributed by atoms with Crippen molar-refractivity contribution in [2.24, 2.45) is 5.92 Å². The molecule has 0 bridgehead atoms. The van der Waals surface area contributed by atoms with Crippen LogP contribution in [0.15, 0.2) is 12.1 Å². The predicted molar refractivity (Wildman–Crippen MR) is 83.8 cm³/mol. The van der Waals surface area contributed by atoms with Crippen molar-refractivity contribution in [2.45, 2.75) is 32.0 Å². The Morgan fingerprint density at radius 1 is 1.35 bits per heavy atom. The summed E-state index contributed by atoms with van der Waals surface area (Å²) in [7, 11) is 0. The van der Waals surface area contributed by atoms with Gasteiger partial charge in [-0.05, 0) is 37.8 Å². The highest BCUT2D eigenvalue weighted by molar-refractivity contribution is 5.71. The molecule has 0 spiro atoms. The van der Waals surface area contributed by atoms with Gasteiger partial charge in [-0.25, -0.2) is 4.79 Å². The van der Waals surface area contributed by atoms with E-state index in [4.69, 9.17) is 9.84 Å². The molecule has 0 amide bonds. The van der Waals surface area contributed by atoms with E-state index in [-0.39, 0.29) is 11.6 Å². The zero-order valence-electron chi connectivity index (χ0n) is 14.0. The minimum Gasteiger partial charge on any atom is -0.479 e. The maximum Gasteiger partial charge on any atom is 0.453 e. The molecule has 1 unspecified atom stereocenters. The predicted octanol–water partition coefficient (Wildman–Crippen LogP) is 1.85. The van der Waals surface area contributed by atoms with Crippen LogP contribution in [0.5, 0.6) is 0 Å². The maximum atomic E-state index is 13.0. The fraction of sp³-hybridized carbons (Fsp3) is 0.600. The Labute approximate surface area is 146 Å². The number of nitrogens with zero attached hydrogens (tertiary/aromatic N) is 5. The van der Waals surface area contributed by atoms with E-state index in [0.29, 0.717) is 30.0 Å². The first-order chi connectivity index (χ1) is 12.3. The Hall–Kier alpha value is -2.43. The SMILES string of the molecule is CC(OCC1CCN(c2ccc3nnc(C(F)(F)F)n3n2)CC1)C(=O)O. The fourth-order valence-corrected chi connectivity index (χ4v) is 2.81. The molecule has 1 atom stereocenters. The Bertz CT molecular complexity index is 786. The van der Waals surface area contributed by atoms with E-state index in [9.17, 15) is 18.0 Å². The first-order valence-corrected chi connectivity index (χ1v) is 8.14. The summed E-state index contributed by atoms with van der Waals surface area (Å²) >= 11 is 0. The van der Waals surface area contributed by atoms with Crippen LogP contribution < -0.4 is 4.90 Å². The second-order valence-corrected chi connectivity index (χ2v) is 6.23. The smallest absolute Gasteiger partial charge is 0.453 e. The van der Waals surface area contributed by atoms with Gasteiger partial charge >= 0.3 is 12.1 Å². The highest BCUT2D eigenvalue weighted by Crippen LogP contribution is 2.28. The number of rotatable bonds is 5. The summed E-state index contributed by atoms with van der Waals surface area (Å²) in [5.41, 5.74) is 0.0343. The number of aromatic nitrogens is 4. The monoisotopic (exact) mass is 373 g/mol. The van der Waals surface area contributed by atoms with Crippen molar-refractivity contribution in [2.75, 3.05) is 24.6 Å². The molecule has 0 saturated carbocycles. The molecule has 11 heteroatoms. The second kappa shape index (κ2) is 7.06. The van der Waals surface area contributed by atoms with Crippen LogP contribution in [-0.2, 0) is 15.7 Å². The number of halogens is 3. The first-order valence-electron chi connectivity index (χ1n) is 8.14. The molecular weight excluding hydrogens is 355 g/mol. The van der Waals surface area contributed by atoms with Crippen LogP contribution in [0.25, 0.3) is 5.65 Å². The average molecular weight is 373 g/mol. The van der Waals surface area contributed by atoms with Crippen molar-refractivity contribution in [3.63, 3.8) is 0 Å². The second-order valence-electron chi connectivity index (χ2n) is 6.23. The third-order valence-corrected chi connectivity index (χ3v) is 4.37. The normalized spacial score (nSPS) is 17.6. The number of carboxylic acids is 1. The van der Waals surface area contributed by atoms with Gasteiger partial charge in [0, 0.05) is 13.1 Å². The van der Waals surface area contributed by atoms with E-state index in [1.54, 1.807) is 6.07 Å². The molecule has 3 heterocycles. The van der Waals surface area contributed by atoms with Crippen molar-refractivity contribution in [1.29, 1.82) is 0 Å². The molecule has 0 radical (unpaired) electrons. The van der Waals surface area contributed by atoms with Gasteiger partial charge in [-0.15, -0.1) is 15.3 Å². The van der Waals surface area contributed by atoms with Gasteiger partial charge in [-0.3, -0.25) is 0 Å². The van der Waals surface area contributed by atoms with Gasteiger partial charge in [0.25, 0.3) is 5.82 Å². The highest BCUT2D eigenvalue weighted by Gasteiger charge is 2.38. The van der Waals surface area contributed by atoms with Crippen molar-refractivity contribution < 1.29 is 27.8 Å². The Balaban J connectivity index is 1.65. The number of anilines is 1. The van der Waals surface area contributed by atoms with Gasteiger partial charge in [0.15, 0.2) is 11.8 Å². The molecule has 26 heavy (non-hydrogen) atoms. The van der Waals surface area contributed by atoms with Crippen molar-refractivity contribution in [3.8, 4) is 0 Å². The van der Waals surface area contributed by atoms with E-state index in [0.717, 1.165) is 12.8 Å². The van der Waals surface area contributed by atoms with Gasteiger partial charge in [-0.2, -0.15) is 17.7 Å². The number of aliphatic carboxylic acids is 1. The standard InChI is InChI=1S/C15H18F3N5O3/c1-9(13(24)25)26-8-10-4-6-22(7-5-10)12-3-2-11-19-20-14(15(16,17)18)23(11)21-12/h2-3,9-10H,4-8H2,1H3,(H,24,25). The summed E-state index contributed by atoms with van der Waals surface area (Å²) in [5, 5.41) is 19.5. The average Bonchev–Trinajstić information content (AvgIpc) is 3.03. The first kappa shape index (κ1) is 18.4. The van der Waals surface area contributed by atoms with Crippen molar-refractivity contribution in [1.82, 2.24) is 19.8 Å². The maximum absolute atomic E-state index is 13.0. The van der Waals surface area contributed by atoms with Gasteiger partial charge in [0.1, 0.15) is 5.82 Å². The molecule has 2 aromatic heterocycles. The summed E-state index contributed by atoms with van der Waals surface area (Å²) in [6, 6.07) is 3.07. The molecule has 1 N–H and O–H groups in total. The highest BCUT2D eigenvalue weighted by atomic mass is 19.4. The van der Waals surface area contributed by atoms with Crippen molar-refractivity contribution >= 4 is 17.4 Å². The largest absolute Gasteiger partial charge is 0.479 e. The third-order valence-electron chi connectivity index (χ3n) is 4.37. The summed E-state index contributed by atoms with van der Waals surface area (Å²) in [6.07, 6.45) is -4.01. The number of hydrogen-bond donors (Lipinski definition) is 1. The van der Waals surface area contributed by atoms with E-state index in [1.807, 2.05) is 4.90 Å². The van der Waals surface area contributed by atoms with Crippen LogP contribution in [0.1, 0.15) is 25.6 Å². The Kier molecular flexibility index (Phi) is 4.99. The minimum absolute atomic E-state index is 0.0343. The van der Waals surface area contributed by atoms with E-state index < -0.39 is 24.1 Å². The number of carboxylic acid groups (broad SMARTS) is 1. The number of ether oxygens (including phenoxy) is 1. The van der Waals surface area contributed by atoms with E-state index in [2.05, 4.69) is 15.3 Å². The molecular formula is C15H18F3N5O3. The topological polar surface area (TPSA) is 92.9 Å². The molecule has 1 aliphatic heterocycles. The molecule has 1 aliphatic rings. The summed E-state index contributed by atoms with van der Waals surface area (Å²) < 4.78 is 44.9. The zero-order valence-corrected chi connectivity index (χ0v) is 14.0. The van der Waals surface area contributed by atoms with Gasteiger partial charge in [0.05, 0.1) is 6.61 Å². The van der Waals surface area contributed by atoms with Crippen LogP contribution in [0.4, 0.5) is 19.0 Å². The number of hydrogen-bond acceptors (Lipinski definition) is 6. The van der Waals surface area contributed by atoms with Crippen LogP contribution in [0.3, 0.4) is 0 Å². The van der Waals surface area contributed by atoms with E-state index in [1.165, 1.54) is 13.0 Å². The lowest BCUT2D eigenvalue weighted by Gasteiger charge is -2.32. The lowest BCUT2D eigenvalue weighted by atomic mass is 9.98. The summed E-state index contributed by atoms with van der Waals surface area (Å²) in [6.45, 7) is 3.01. The van der Waals surface area contributed by atoms with Gasteiger partial charge in [-0.1, -0.05) is 0 Å². The molecule has 1 fully saturated rings. The number of fused-ring (bicyclic) bond motifs is 1. The van der Waals surface area contributed by atoms with Crippen LogP contribution in [0, 0.1) is 5.92 Å². The summed E-state index contributed by atoms with van der Waals surface area (Å²) in [4.78, 5) is 12.6. The van der Waals surface area contributed by atoms with Gasteiger partial charge in [0.2, 0.25) is 0 Å². The minimum atomic E-state index is -4.63. The molecule has 0 aromatic carbocycles. The Morgan fingerprint density at radius 2 is 2.04 bits per heavy atom. The Morgan fingerprint density at radius 3 is 2.65 bits per heavy atom. The fourth-order valence-electron chi connectivity index (χ4n) is 2.81. The summed E-state index contributed by atoms with van der Waals surface area (Å²) in [5.74, 6) is -1.53. The van der Waals surface area contributed by atoms with Crippen LogP contribution >= 0.6 is 0 Å². The molecule has 2 aromatic rings. The van der Waals surface area contributed by atoms with Crippen LogP contribution in [0.2, 0.25) is 0 Å².